The summed E-state index contributed by atoms with van der Waals surface area (Å²) < 4.78 is 0. The molecule has 1 heterocycles. The number of halogens is 1. The van der Waals surface area contributed by atoms with Crippen molar-refractivity contribution in [2.75, 3.05) is 13.1 Å². The number of amides is 2. The van der Waals surface area contributed by atoms with E-state index in [9.17, 15) is 9.59 Å². The third-order valence-electron chi connectivity index (χ3n) is 5.16. The molecule has 1 aliphatic rings. The molecule has 0 aromatic heterocycles. The van der Waals surface area contributed by atoms with Crippen LogP contribution in [0.5, 0.6) is 0 Å². The van der Waals surface area contributed by atoms with Gasteiger partial charge in [0, 0.05) is 47.9 Å². The van der Waals surface area contributed by atoms with E-state index in [1.807, 2.05) is 17.0 Å². The summed E-state index contributed by atoms with van der Waals surface area (Å²) in [6.07, 6.45) is 0. The van der Waals surface area contributed by atoms with Gasteiger partial charge in [0.1, 0.15) is 0 Å². The summed E-state index contributed by atoms with van der Waals surface area (Å²) in [5, 5.41) is 9.32. The van der Waals surface area contributed by atoms with Crippen molar-refractivity contribution >= 4 is 23.4 Å². The van der Waals surface area contributed by atoms with Gasteiger partial charge in [-0.3, -0.25) is 19.7 Å². The molecule has 28 heavy (non-hydrogen) atoms. The van der Waals surface area contributed by atoms with E-state index in [0.717, 1.165) is 12.1 Å². The Morgan fingerprint density at radius 2 is 1.54 bits per heavy atom. The molecular formula is C21H24ClN3O3. The Bertz CT molecular complexity index is 827. The average Bonchev–Trinajstić information content (AvgIpc) is 2.70. The molecule has 3 rings (SSSR count). The standard InChI is InChI=1S/C21H24ClN3O3/c1-14-11-24(21(27)18-7-9-19(22)10-8-18)12-15(2)25(14)13-16-3-5-17(6-4-16)20(26)23-28/h3-10,14-15,28H,11-13H2,1-2H3,(H,23,26)/t14-,15+. The topological polar surface area (TPSA) is 72.9 Å². The Balaban J connectivity index is 1.65. The number of rotatable bonds is 4. The first-order chi connectivity index (χ1) is 13.4. The van der Waals surface area contributed by atoms with Crippen LogP contribution in [0, 0.1) is 0 Å². The number of carbonyl (C=O) groups is 2. The average molecular weight is 402 g/mol. The minimum atomic E-state index is -0.525. The molecule has 1 fully saturated rings. The van der Waals surface area contributed by atoms with Gasteiger partial charge in [0.25, 0.3) is 11.8 Å². The third-order valence-corrected chi connectivity index (χ3v) is 5.41. The van der Waals surface area contributed by atoms with Crippen LogP contribution in [0.4, 0.5) is 0 Å². The minimum Gasteiger partial charge on any atom is -0.336 e. The Morgan fingerprint density at radius 1 is 1.00 bits per heavy atom. The number of hydrogen-bond acceptors (Lipinski definition) is 4. The Hall–Kier alpha value is -2.41. The summed E-state index contributed by atoms with van der Waals surface area (Å²) in [6.45, 7) is 6.26. The summed E-state index contributed by atoms with van der Waals surface area (Å²) in [6, 6.07) is 14.5. The highest BCUT2D eigenvalue weighted by molar-refractivity contribution is 6.30. The fraction of sp³-hybridized carbons (Fsp3) is 0.333. The first-order valence-corrected chi connectivity index (χ1v) is 9.60. The normalized spacial score (nSPS) is 20.1. The molecule has 6 nitrogen and oxygen atoms in total. The molecular weight excluding hydrogens is 378 g/mol. The predicted molar refractivity (Wildman–Crippen MR) is 108 cm³/mol. The van der Waals surface area contributed by atoms with Crippen molar-refractivity contribution in [3.63, 3.8) is 0 Å². The molecule has 2 aromatic carbocycles. The second-order valence-corrected chi connectivity index (χ2v) is 7.66. The summed E-state index contributed by atoms with van der Waals surface area (Å²) in [4.78, 5) is 28.5. The molecule has 0 radical (unpaired) electrons. The molecule has 2 amide bonds. The first kappa shape index (κ1) is 20.3. The lowest BCUT2D eigenvalue weighted by Gasteiger charge is -2.44. The minimum absolute atomic E-state index is 0.0226. The second-order valence-electron chi connectivity index (χ2n) is 7.23. The van der Waals surface area contributed by atoms with Crippen LogP contribution in [0.15, 0.2) is 48.5 Å². The molecule has 148 valence electrons. The maximum Gasteiger partial charge on any atom is 0.274 e. The highest BCUT2D eigenvalue weighted by atomic mass is 35.5. The number of piperazine rings is 1. The lowest BCUT2D eigenvalue weighted by Crippen LogP contribution is -2.57. The highest BCUT2D eigenvalue weighted by Crippen LogP contribution is 2.21. The van der Waals surface area contributed by atoms with Gasteiger partial charge in [-0.2, -0.15) is 0 Å². The van der Waals surface area contributed by atoms with Gasteiger partial charge in [0.05, 0.1) is 0 Å². The quantitative estimate of drug-likeness (QED) is 0.609. The van der Waals surface area contributed by atoms with Gasteiger partial charge in [0.2, 0.25) is 0 Å². The van der Waals surface area contributed by atoms with Gasteiger partial charge in [-0.25, -0.2) is 5.48 Å². The van der Waals surface area contributed by atoms with Crippen LogP contribution in [-0.2, 0) is 6.54 Å². The van der Waals surface area contributed by atoms with E-state index in [0.29, 0.717) is 29.2 Å². The van der Waals surface area contributed by atoms with Crippen LogP contribution in [0.2, 0.25) is 5.02 Å². The summed E-state index contributed by atoms with van der Waals surface area (Å²) >= 11 is 5.91. The zero-order chi connectivity index (χ0) is 20.3. The van der Waals surface area contributed by atoms with Crippen LogP contribution in [0.1, 0.15) is 40.1 Å². The molecule has 2 N–H and O–H groups in total. The second kappa shape index (κ2) is 8.73. The summed E-state index contributed by atoms with van der Waals surface area (Å²) in [5.41, 5.74) is 3.76. The van der Waals surface area contributed by atoms with Gasteiger partial charge >= 0.3 is 0 Å². The monoisotopic (exact) mass is 401 g/mol. The van der Waals surface area contributed by atoms with Crippen LogP contribution >= 0.6 is 11.6 Å². The van der Waals surface area contributed by atoms with Crippen LogP contribution < -0.4 is 5.48 Å². The van der Waals surface area contributed by atoms with Gasteiger partial charge in [-0.05, 0) is 55.8 Å². The Labute approximate surface area is 169 Å². The van der Waals surface area contributed by atoms with Crippen LogP contribution in [-0.4, -0.2) is 52.0 Å². The molecule has 7 heteroatoms. The van der Waals surface area contributed by atoms with Crippen molar-refractivity contribution < 1.29 is 14.8 Å². The summed E-state index contributed by atoms with van der Waals surface area (Å²) in [7, 11) is 0. The number of carbonyl (C=O) groups excluding carboxylic acids is 2. The van der Waals surface area contributed by atoms with Crippen molar-refractivity contribution in [1.82, 2.24) is 15.3 Å². The molecule has 0 bridgehead atoms. The molecule has 0 saturated carbocycles. The van der Waals surface area contributed by atoms with Gasteiger partial charge in [-0.15, -0.1) is 0 Å². The number of hydroxylamine groups is 1. The zero-order valence-corrected chi connectivity index (χ0v) is 16.7. The zero-order valence-electron chi connectivity index (χ0n) is 15.9. The van der Waals surface area contributed by atoms with Gasteiger partial charge < -0.3 is 4.90 Å². The van der Waals surface area contributed by atoms with E-state index in [1.54, 1.807) is 41.9 Å². The number of nitrogens with one attached hydrogen (secondary N) is 1. The molecule has 0 aliphatic carbocycles. The van der Waals surface area contributed by atoms with Gasteiger partial charge in [0.15, 0.2) is 0 Å². The van der Waals surface area contributed by atoms with Crippen LogP contribution in [0.25, 0.3) is 0 Å². The van der Waals surface area contributed by atoms with E-state index < -0.39 is 5.91 Å². The Morgan fingerprint density at radius 3 is 2.07 bits per heavy atom. The lowest BCUT2D eigenvalue weighted by molar-refractivity contribution is 0.0269. The number of nitrogens with zero attached hydrogens (tertiary/aromatic N) is 2. The van der Waals surface area contributed by atoms with Gasteiger partial charge in [-0.1, -0.05) is 23.7 Å². The van der Waals surface area contributed by atoms with Crippen molar-refractivity contribution in [3.8, 4) is 0 Å². The smallest absolute Gasteiger partial charge is 0.274 e. The molecule has 2 aromatic rings. The van der Waals surface area contributed by atoms with Crippen molar-refractivity contribution in [2.45, 2.75) is 32.5 Å². The molecule has 0 spiro atoms. The number of hydrogen-bond donors (Lipinski definition) is 2. The molecule has 1 aliphatic heterocycles. The maximum absolute atomic E-state index is 12.8. The SMILES string of the molecule is C[C@@H]1CN(C(=O)c2ccc(Cl)cc2)C[C@H](C)N1Cc1ccc(C(=O)NO)cc1. The fourth-order valence-electron chi connectivity index (χ4n) is 3.65. The Kier molecular flexibility index (Phi) is 6.34. The van der Waals surface area contributed by atoms with Crippen LogP contribution in [0.3, 0.4) is 0 Å². The molecule has 2 atom stereocenters. The van der Waals surface area contributed by atoms with Crippen molar-refractivity contribution in [1.29, 1.82) is 0 Å². The molecule has 1 saturated heterocycles. The van der Waals surface area contributed by atoms with Crippen molar-refractivity contribution in [3.05, 3.63) is 70.2 Å². The predicted octanol–water partition coefficient (Wildman–Crippen LogP) is 3.19. The highest BCUT2D eigenvalue weighted by Gasteiger charge is 2.32. The van der Waals surface area contributed by atoms with E-state index in [4.69, 9.17) is 16.8 Å². The van der Waals surface area contributed by atoms with E-state index >= 15 is 0 Å². The largest absolute Gasteiger partial charge is 0.336 e. The third kappa shape index (κ3) is 4.52. The first-order valence-electron chi connectivity index (χ1n) is 9.23. The van der Waals surface area contributed by atoms with Crippen molar-refractivity contribution in [2.24, 2.45) is 0 Å². The molecule has 0 unspecified atom stereocenters. The number of benzene rings is 2. The maximum atomic E-state index is 12.8. The van der Waals surface area contributed by atoms with E-state index in [-0.39, 0.29) is 18.0 Å². The van der Waals surface area contributed by atoms with E-state index in [2.05, 4.69) is 18.7 Å². The summed E-state index contributed by atoms with van der Waals surface area (Å²) in [5.74, 6) is -0.503. The van der Waals surface area contributed by atoms with E-state index in [1.165, 1.54) is 0 Å². The lowest BCUT2D eigenvalue weighted by atomic mass is 10.0. The fourth-order valence-corrected chi connectivity index (χ4v) is 3.77.